The van der Waals surface area contributed by atoms with Crippen LogP contribution in [0.5, 0.6) is 11.5 Å². The van der Waals surface area contributed by atoms with Crippen LogP contribution in [0.2, 0.25) is 5.02 Å². The van der Waals surface area contributed by atoms with Gasteiger partial charge in [-0.2, -0.15) is 0 Å². The maximum Gasteiger partial charge on any atom is 0.311 e. The molecule has 0 heterocycles. The minimum absolute atomic E-state index is 0.117. The highest BCUT2D eigenvalue weighted by atomic mass is 79.9. The molecular weight excluding hydrogens is 334 g/mol. The van der Waals surface area contributed by atoms with Gasteiger partial charge in [-0.15, -0.1) is 0 Å². The molecule has 0 spiro atoms. The van der Waals surface area contributed by atoms with Crippen molar-refractivity contribution in [2.45, 2.75) is 5.33 Å². The van der Waals surface area contributed by atoms with Gasteiger partial charge in [0.2, 0.25) is 5.75 Å². The monoisotopic (exact) mass is 341 g/mol. The van der Waals surface area contributed by atoms with Crippen LogP contribution in [0.3, 0.4) is 0 Å². The number of hydrogen-bond acceptors (Lipinski definition) is 3. The number of hydrogen-bond donors (Lipinski definition) is 0. The molecule has 0 aromatic heterocycles. The first kappa shape index (κ1) is 13.8. The van der Waals surface area contributed by atoms with E-state index in [1.807, 2.05) is 12.1 Å². The van der Waals surface area contributed by atoms with E-state index < -0.39 is 4.92 Å². The van der Waals surface area contributed by atoms with Crippen LogP contribution in [0, 0.1) is 10.1 Å². The number of benzene rings is 2. The normalized spacial score (nSPS) is 10.2. The molecule has 0 radical (unpaired) electrons. The van der Waals surface area contributed by atoms with Gasteiger partial charge in [0.15, 0.2) is 0 Å². The van der Waals surface area contributed by atoms with Crippen LogP contribution < -0.4 is 4.74 Å². The molecule has 2 aromatic carbocycles. The van der Waals surface area contributed by atoms with Crippen LogP contribution >= 0.6 is 27.5 Å². The fraction of sp³-hybridized carbons (Fsp3) is 0.0769. The molecule has 0 unspecified atom stereocenters. The largest absolute Gasteiger partial charge is 0.450 e. The van der Waals surface area contributed by atoms with Gasteiger partial charge < -0.3 is 4.74 Å². The molecule has 0 saturated heterocycles. The lowest BCUT2D eigenvalue weighted by Crippen LogP contribution is -1.93. The molecule has 19 heavy (non-hydrogen) atoms. The molecule has 0 aliphatic heterocycles. The van der Waals surface area contributed by atoms with E-state index in [1.165, 1.54) is 18.2 Å². The third-order valence-electron chi connectivity index (χ3n) is 2.42. The first-order chi connectivity index (χ1) is 9.10. The van der Waals surface area contributed by atoms with Crippen molar-refractivity contribution in [3.05, 3.63) is 63.2 Å². The zero-order valence-corrected chi connectivity index (χ0v) is 12.0. The summed E-state index contributed by atoms with van der Waals surface area (Å²) in [6.07, 6.45) is 0. The summed E-state index contributed by atoms with van der Waals surface area (Å²) in [6, 6.07) is 11.5. The van der Waals surface area contributed by atoms with E-state index in [4.69, 9.17) is 16.3 Å². The quantitative estimate of drug-likeness (QED) is 0.449. The third kappa shape index (κ3) is 3.45. The molecule has 0 saturated carbocycles. The first-order valence-corrected chi connectivity index (χ1v) is 6.87. The lowest BCUT2D eigenvalue weighted by molar-refractivity contribution is -0.385. The van der Waals surface area contributed by atoms with Crippen molar-refractivity contribution >= 4 is 33.2 Å². The summed E-state index contributed by atoms with van der Waals surface area (Å²) in [7, 11) is 0. The van der Waals surface area contributed by atoms with Crippen molar-refractivity contribution in [3.8, 4) is 11.5 Å². The molecule has 0 aliphatic rings. The Labute approximate surface area is 123 Å². The average molecular weight is 343 g/mol. The third-order valence-corrected chi connectivity index (χ3v) is 3.31. The number of halogens is 2. The smallest absolute Gasteiger partial charge is 0.311 e. The van der Waals surface area contributed by atoms with Crippen LogP contribution in [0.15, 0.2) is 42.5 Å². The number of nitrogens with zero attached hydrogens (tertiary/aromatic N) is 1. The SMILES string of the molecule is O=[N+]([O-])c1ccc(Cl)cc1Oc1ccc(CBr)cc1. The summed E-state index contributed by atoms with van der Waals surface area (Å²) in [5.41, 5.74) is 0.974. The van der Waals surface area contributed by atoms with Crippen molar-refractivity contribution in [2.24, 2.45) is 0 Å². The Bertz CT molecular complexity index is 601. The molecule has 6 heteroatoms. The molecule has 0 N–H and O–H groups in total. The molecule has 4 nitrogen and oxygen atoms in total. The van der Waals surface area contributed by atoms with Crippen molar-refractivity contribution in [3.63, 3.8) is 0 Å². The van der Waals surface area contributed by atoms with Crippen LogP contribution in [-0.2, 0) is 5.33 Å². The van der Waals surface area contributed by atoms with Crippen LogP contribution in [0.4, 0.5) is 5.69 Å². The van der Waals surface area contributed by atoms with E-state index >= 15 is 0 Å². The van der Waals surface area contributed by atoms with Gasteiger partial charge in [0.1, 0.15) is 5.75 Å². The standard InChI is InChI=1S/C13H9BrClNO3/c14-8-9-1-4-11(5-2-9)19-13-7-10(15)3-6-12(13)16(17)18/h1-7H,8H2. The Hall–Kier alpha value is -1.59. The lowest BCUT2D eigenvalue weighted by atomic mass is 10.2. The fourth-order valence-corrected chi connectivity index (χ4v) is 2.03. The van der Waals surface area contributed by atoms with Gasteiger partial charge in [-0.25, -0.2) is 0 Å². The summed E-state index contributed by atoms with van der Waals surface area (Å²) in [5, 5.41) is 12.0. The van der Waals surface area contributed by atoms with E-state index in [9.17, 15) is 10.1 Å². The Morgan fingerprint density at radius 2 is 1.89 bits per heavy atom. The van der Waals surface area contributed by atoms with Crippen molar-refractivity contribution < 1.29 is 9.66 Å². The Balaban J connectivity index is 2.31. The second-order valence-electron chi connectivity index (χ2n) is 3.75. The lowest BCUT2D eigenvalue weighted by Gasteiger charge is -2.07. The molecule has 0 atom stereocenters. The minimum Gasteiger partial charge on any atom is -0.450 e. The number of nitro groups is 1. The summed E-state index contributed by atoms with van der Waals surface area (Å²) >= 11 is 9.17. The number of ether oxygens (including phenoxy) is 1. The molecule has 0 amide bonds. The van der Waals surface area contributed by atoms with Crippen LogP contribution in [-0.4, -0.2) is 4.92 Å². The maximum absolute atomic E-state index is 10.9. The number of rotatable bonds is 4. The van der Waals surface area contributed by atoms with Crippen LogP contribution in [0.25, 0.3) is 0 Å². The molecule has 0 fully saturated rings. The van der Waals surface area contributed by atoms with Gasteiger partial charge in [-0.1, -0.05) is 39.7 Å². The molecule has 0 aliphatic carbocycles. The second-order valence-corrected chi connectivity index (χ2v) is 4.75. The van der Waals surface area contributed by atoms with E-state index in [0.717, 1.165) is 10.9 Å². The highest BCUT2D eigenvalue weighted by Crippen LogP contribution is 2.33. The Kier molecular flexibility index (Phi) is 4.39. The van der Waals surface area contributed by atoms with Crippen molar-refractivity contribution in [2.75, 3.05) is 0 Å². The molecule has 0 bridgehead atoms. The first-order valence-electron chi connectivity index (χ1n) is 5.37. The summed E-state index contributed by atoms with van der Waals surface area (Å²) < 4.78 is 5.51. The van der Waals surface area contributed by atoms with Crippen LogP contribution in [0.1, 0.15) is 5.56 Å². The van der Waals surface area contributed by atoms with Gasteiger partial charge in [-0.05, 0) is 23.8 Å². The Morgan fingerprint density at radius 3 is 2.47 bits per heavy atom. The second kappa shape index (κ2) is 6.04. The number of alkyl halides is 1. The summed E-state index contributed by atoms with van der Waals surface area (Å²) in [5.74, 6) is 0.652. The predicted molar refractivity (Wildman–Crippen MR) is 77.3 cm³/mol. The number of nitro benzene ring substituents is 1. The summed E-state index contributed by atoms with van der Waals surface area (Å²) in [4.78, 5) is 10.4. The van der Waals surface area contributed by atoms with Gasteiger partial charge >= 0.3 is 5.69 Å². The zero-order valence-electron chi connectivity index (χ0n) is 9.68. The highest BCUT2D eigenvalue weighted by molar-refractivity contribution is 9.08. The minimum atomic E-state index is -0.501. The maximum atomic E-state index is 10.9. The fourth-order valence-electron chi connectivity index (χ4n) is 1.49. The predicted octanol–water partition coefficient (Wildman–Crippen LogP) is 4.94. The van der Waals surface area contributed by atoms with Gasteiger partial charge in [0.25, 0.3) is 0 Å². The van der Waals surface area contributed by atoms with E-state index in [1.54, 1.807) is 12.1 Å². The molecule has 2 aromatic rings. The van der Waals surface area contributed by atoms with Gasteiger partial charge in [0, 0.05) is 22.5 Å². The molecule has 2 rings (SSSR count). The molecule has 98 valence electrons. The highest BCUT2D eigenvalue weighted by Gasteiger charge is 2.16. The van der Waals surface area contributed by atoms with Crippen molar-refractivity contribution in [1.82, 2.24) is 0 Å². The Morgan fingerprint density at radius 1 is 1.21 bits per heavy atom. The van der Waals surface area contributed by atoms with E-state index in [-0.39, 0.29) is 11.4 Å². The average Bonchev–Trinajstić information content (AvgIpc) is 2.39. The van der Waals surface area contributed by atoms with Gasteiger partial charge in [-0.3, -0.25) is 10.1 Å². The van der Waals surface area contributed by atoms with Crippen molar-refractivity contribution in [1.29, 1.82) is 0 Å². The van der Waals surface area contributed by atoms with E-state index in [2.05, 4.69) is 15.9 Å². The topological polar surface area (TPSA) is 52.4 Å². The zero-order chi connectivity index (χ0) is 13.8. The van der Waals surface area contributed by atoms with E-state index in [0.29, 0.717) is 10.8 Å². The summed E-state index contributed by atoms with van der Waals surface area (Å²) in [6.45, 7) is 0. The molecular formula is C13H9BrClNO3. The van der Waals surface area contributed by atoms with Gasteiger partial charge in [0.05, 0.1) is 4.92 Å².